The number of ether oxygens (including phenoxy) is 2. The van der Waals surface area contributed by atoms with Crippen molar-refractivity contribution in [3.05, 3.63) is 105 Å². The standard InChI is InChI=1S/C33H32ClN5O5/c1-37-19-26(31(40)30-17-23-15-22(7-10-29(23)38-30)33(42)39-11-13-43-14-12-39)28(35)9-6-20-5-8-25(18-27(20)34)44-24-4-2-3-21(16-24)32(36)41/h2-5,7-8,10,15-19,38H,6,9,11-14,35H2,1H3,(H2,36,41)/b28-26-,37-19?. The second-order valence-electron chi connectivity index (χ2n) is 10.3. The highest BCUT2D eigenvalue weighted by Crippen LogP contribution is 2.29. The van der Waals surface area contributed by atoms with Crippen molar-refractivity contribution in [2.45, 2.75) is 12.8 Å². The number of amides is 2. The lowest BCUT2D eigenvalue weighted by Crippen LogP contribution is -2.40. The maximum absolute atomic E-state index is 13.6. The van der Waals surface area contributed by atoms with Gasteiger partial charge in [-0.2, -0.15) is 0 Å². The van der Waals surface area contributed by atoms with Crippen molar-refractivity contribution in [2.75, 3.05) is 33.4 Å². The lowest BCUT2D eigenvalue weighted by molar-refractivity contribution is 0.0303. The predicted octanol–water partition coefficient (Wildman–Crippen LogP) is 4.91. The highest BCUT2D eigenvalue weighted by atomic mass is 35.5. The second-order valence-corrected chi connectivity index (χ2v) is 10.7. The molecule has 0 bridgehead atoms. The number of primary amides is 1. The van der Waals surface area contributed by atoms with Crippen LogP contribution in [0, 0.1) is 0 Å². The minimum Gasteiger partial charge on any atom is -0.457 e. The summed E-state index contributed by atoms with van der Waals surface area (Å²) in [4.78, 5) is 46.9. The molecule has 11 heteroatoms. The molecule has 226 valence electrons. The van der Waals surface area contributed by atoms with Crippen molar-refractivity contribution in [1.29, 1.82) is 0 Å². The van der Waals surface area contributed by atoms with E-state index in [-0.39, 0.29) is 17.3 Å². The number of hydrogen-bond donors (Lipinski definition) is 3. The minimum absolute atomic E-state index is 0.0669. The van der Waals surface area contributed by atoms with Crippen molar-refractivity contribution in [3.8, 4) is 11.5 Å². The number of allylic oxidation sites excluding steroid dienone is 2. The third kappa shape index (κ3) is 6.99. The van der Waals surface area contributed by atoms with E-state index >= 15 is 0 Å². The van der Waals surface area contributed by atoms with Crippen molar-refractivity contribution in [2.24, 2.45) is 16.5 Å². The molecule has 3 aromatic carbocycles. The molecule has 0 unspecified atom stereocenters. The first kappa shape index (κ1) is 30.5. The number of ketones is 1. The first-order valence-corrected chi connectivity index (χ1v) is 14.4. The Morgan fingerprint density at radius 2 is 1.77 bits per heavy atom. The van der Waals surface area contributed by atoms with E-state index in [9.17, 15) is 14.4 Å². The van der Waals surface area contributed by atoms with Crippen molar-refractivity contribution in [1.82, 2.24) is 9.88 Å². The van der Waals surface area contributed by atoms with Gasteiger partial charge in [0, 0.05) is 59.1 Å². The summed E-state index contributed by atoms with van der Waals surface area (Å²) in [5, 5.41) is 1.21. The summed E-state index contributed by atoms with van der Waals surface area (Å²) in [6, 6.07) is 18.9. The molecular weight excluding hydrogens is 582 g/mol. The van der Waals surface area contributed by atoms with Gasteiger partial charge in [-0.3, -0.25) is 19.4 Å². The van der Waals surface area contributed by atoms with E-state index < -0.39 is 5.91 Å². The van der Waals surface area contributed by atoms with Gasteiger partial charge in [-0.05, 0) is 73.0 Å². The summed E-state index contributed by atoms with van der Waals surface area (Å²) in [5.41, 5.74) is 15.2. The molecule has 5 rings (SSSR count). The van der Waals surface area contributed by atoms with Gasteiger partial charge in [0.05, 0.1) is 24.5 Å². The molecule has 10 nitrogen and oxygen atoms in total. The highest BCUT2D eigenvalue weighted by molar-refractivity contribution is 6.31. The first-order valence-electron chi connectivity index (χ1n) is 14.0. The fourth-order valence-electron chi connectivity index (χ4n) is 4.95. The van der Waals surface area contributed by atoms with Crippen LogP contribution < -0.4 is 16.2 Å². The van der Waals surface area contributed by atoms with Gasteiger partial charge in [0.15, 0.2) is 0 Å². The summed E-state index contributed by atoms with van der Waals surface area (Å²) in [6.07, 6.45) is 2.28. The van der Waals surface area contributed by atoms with Crippen LogP contribution in [0.4, 0.5) is 0 Å². The highest BCUT2D eigenvalue weighted by Gasteiger charge is 2.21. The van der Waals surface area contributed by atoms with E-state index in [1.165, 1.54) is 6.21 Å². The molecule has 2 amide bonds. The molecule has 5 N–H and O–H groups in total. The number of nitrogens with zero attached hydrogens (tertiary/aromatic N) is 2. The largest absolute Gasteiger partial charge is 0.457 e. The quantitative estimate of drug-likeness (QED) is 0.131. The molecular formula is C33H32ClN5O5. The van der Waals surface area contributed by atoms with E-state index in [1.54, 1.807) is 72.6 Å². The number of halogens is 1. The molecule has 1 saturated heterocycles. The average molecular weight is 614 g/mol. The SMILES string of the molecule is CN=C/C(C(=O)c1cc2cc(C(=O)N3CCOCC3)ccc2[nH]1)=C(/N)CCc1ccc(Oc2cccc(C(N)=O)c2)cc1Cl. The second kappa shape index (κ2) is 13.6. The number of fused-ring (bicyclic) bond motifs is 1. The molecule has 4 aromatic rings. The van der Waals surface area contributed by atoms with E-state index in [0.29, 0.717) is 78.2 Å². The number of morpholine rings is 1. The molecule has 0 radical (unpaired) electrons. The van der Waals surface area contributed by atoms with Gasteiger partial charge in [-0.25, -0.2) is 0 Å². The summed E-state index contributed by atoms with van der Waals surface area (Å²) >= 11 is 6.55. The monoisotopic (exact) mass is 613 g/mol. The topological polar surface area (TPSA) is 153 Å². The van der Waals surface area contributed by atoms with Gasteiger partial charge < -0.3 is 30.8 Å². The Morgan fingerprint density at radius 3 is 2.50 bits per heavy atom. The molecule has 0 atom stereocenters. The third-order valence-electron chi connectivity index (χ3n) is 7.30. The van der Waals surface area contributed by atoms with Gasteiger partial charge in [-0.1, -0.05) is 23.7 Å². The summed E-state index contributed by atoms with van der Waals surface area (Å²) in [6.45, 7) is 2.14. The summed E-state index contributed by atoms with van der Waals surface area (Å²) in [5.74, 6) is 0.0268. The van der Waals surface area contributed by atoms with Gasteiger partial charge in [0.25, 0.3) is 5.91 Å². The number of H-pyrrole nitrogens is 1. The number of nitrogens with one attached hydrogen (secondary N) is 1. The Hall–Kier alpha value is -4.93. The number of aryl methyl sites for hydroxylation is 1. The van der Waals surface area contributed by atoms with Gasteiger partial charge >= 0.3 is 0 Å². The molecule has 2 heterocycles. The van der Waals surface area contributed by atoms with E-state index in [4.69, 9.17) is 32.5 Å². The number of hydrogen-bond acceptors (Lipinski definition) is 7. The van der Waals surface area contributed by atoms with E-state index in [0.717, 1.165) is 16.5 Å². The number of benzene rings is 3. The van der Waals surface area contributed by atoms with Crippen molar-refractivity contribution >= 4 is 46.3 Å². The zero-order chi connectivity index (χ0) is 31.2. The van der Waals surface area contributed by atoms with E-state index in [1.807, 2.05) is 6.07 Å². The molecule has 1 aliphatic rings. The van der Waals surface area contributed by atoms with Crippen molar-refractivity contribution in [3.63, 3.8) is 0 Å². The van der Waals surface area contributed by atoms with Crippen molar-refractivity contribution < 1.29 is 23.9 Å². The summed E-state index contributed by atoms with van der Waals surface area (Å²) < 4.78 is 11.2. The van der Waals surface area contributed by atoms with Crippen LogP contribution in [0.5, 0.6) is 11.5 Å². The molecule has 0 aliphatic carbocycles. The number of rotatable bonds is 10. The Morgan fingerprint density at radius 1 is 1.00 bits per heavy atom. The number of carbonyl (C=O) groups excluding carboxylic acids is 3. The number of Topliss-reactive ketones (excluding diaryl/α,β-unsaturated/α-hetero) is 1. The fourth-order valence-corrected chi connectivity index (χ4v) is 5.21. The van der Waals surface area contributed by atoms with Crippen LogP contribution in [-0.4, -0.2) is 67.0 Å². The van der Waals surface area contributed by atoms with Crippen LogP contribution in [-0.2, 0) is 11.2 Å². The van der Waals surface area contributed by atoms with Crippen LogP contribution in [0.3, 0.4) is 0 Å². The smallest absolute Gasteiger partial charge is 0.254 e. The lowest BCUT2D eigenvalue weighted by Gasteiger charge is -2.26. The normalized spacial score (nSPS) is 14.1. The van der Waals surface area contributed by atoms with Crippen LogP contribution >= 0.6 is 11.6 Å². The minimum atomic E-state index is -0.546. The number of nitrogens with two attached hydrogens (primary N) is 2. The Labute approximate surface area is 259 Å². The predicted molar refractivity (Wildman–Crippen MR) is 170 cm³/mol. The average Bonchev–Trinajstić information content (AvgIpc) is 3.47. The molecule has 1 aliphatic heterocycles. The third-order valence-corrected chi connectivity index (χ3v) is 7.65. The van der Waals surface area contributed by atoms with Crippen LogP contribution in [0.2, 0.25) is 5.02 Å². The zero-order valence-corrected chi connectivity index (χ0v) is 24.9. The molecule has 44 heavy (non-hydrogen) atoms. The zero-order valence-electron chi connectivity index (χ0n) is 24.1. The molecule has 0 spiro atoms. The van der Waals surface area contributed by atoms with Gasteiger partial charge in [0.1, 0.15) is 11.5 Å². The number of carbonyl (C=O) groups is 3. The Bertz CT molecular complexity index is 1790. The number of aromatic amines is 1. The Balaban J connectivity index is 1.29. The maximum atomic E-state index is 13.6. The molecule has 1 aromatic heterocycles. The van der Waals surface area contributed by atoms with Crippen LogP contribution in [0.25, 0.3) is 10.9 Å². The summed E-state index contributed by atoms with van der Waals surface area (Å²) in [7, 11) is 1.57. The molecule has 0 saturated carbocycles. The van der Waals surface area contributed by atoms with Crippen LogP contribution in [0.15, 0.2) is 83.0 Å². The number of aromatic nitrogens is 1. The maximum Gasteiger partial charge on any atom is 0.254 e. The van der Waals surface area contributed by atoms with E-state index in [2.05, 4.69) is 9.98 Å². The fraction of sp³-hybridized carbons (Fsp3) is 0.212. The Kier molecular flexibility index (Phi) is 9.42. The molecule has 1 fully saturated rings. The first-order chi connectivity index (χ1) is 21.2. The number of aliphatic imine (C=N–C) groups is 1. The van der Waals surface area contributed by atoms with Gasteiger partial charge in [-0.15, -0.1) is 0 Å². The lowest BCUT2D eigenvalue weighted by atomic mass is 10.0. The van der Waals surface area contributed by atoms with Crippen LogP contribution in [0.1, 0.15) is 43.2 Å². The van der Waals surface area contributed by atoms with Gasteiger partial charge in [0.2, 0.25) is 11.7 Å².